The number of Topliss-reactive ketones (excluding diaryl/α,β-unsaturated/α-hetero) is 1. The van der Waals surface area contributed by atoms with Crippen molar-refractivity contribution in [3.05, 3.63) is 12.3 Å². The Hall–Kier alpha value is -1.48. The van der Waals surface area contributed by atoms with E-state index < -0.39 is 0 Å². The quantitative estimate of drug-likeness (QED) is 0.0931. The van der Waals surface area contributed by atoms with Gasteiger partial charge in [0, 0.05) is 62.7 Å². The van der Waals surface area contributed by atoms with Gasteiger partial charge in [-0.3, -0.25) is 9.59 Å². The van der Waals surface area contributed by atoms with E-state index in [1.54, 1.807) is 0 Å². The van der Waals surface area contributed by atoms with Crippen molar-refractivity contribution in [1.29, 1.82) is 0 Å². The lowest BCUT2D eigenvalue weighted by Gasteiger charge is -2.31. The Morgan fingerprint density at radius 3 is 1.34 bits per heavy atom. The molecule has 0 unspecified atom stereocenters. The number of nitrogens with two attached hydrogens (primary N) is 1. The van der Waals surface area contributed by atoms with Gasteiger partial charge in [-0.25, -0.2) is 0 Å². The topological polar surface area (TPSA) is 112 Å². The number of carbonyl (C=O) groups excluding carboxylic acids is 2. The highest BCUT2D eigenvalue weighted by Gasteiger charge is 2.21. The van der Waals surface area contributed by atoms with Crippen LogP contribution < -0.4 is 27.0 Å². The molecule has 0 atom stereocenters. The smallest absolute Gasteiger partial charge is 0.222 e. The van der Waals surface area contributed by atoms with Crippen LogP contribution in [0.5, 0.6) is 0 Å². The minimum absolute atomic E-state index is 0. The highest BCUT2D eigenvalue weighted by molar-refractivity contribution is 5.78. The monoisotopic (exact) mass is 925 g/mol. The Labute approximate surface area is 410 Å². The fourth-order valence-corrected chi connectivity index (χ4v) is 5.77. The Morgan fingerprint density at radius 1 is 0.646 bits per heavy atom. The zero-order valence-corrected chi connectivity index (χ0v) is 47.0. The summed E-state index contributed by atoms with van der Waals surface area (Å²) < 4.78 is 0. The largest absolute Gasteiger partial charge is 0.373 e. The third kappa shape index (κ3) is 55.0. The van der Waals surface area contributed by atoms with E-state index in [1.807, 2.05) is 27.7 Å². The summed E-state index contributed by atoms with van der Waals surface area (Å²) in [7, 11) is 0. The first-order valence-corrected chi connectivity index (χ1v) is 27.1. The summed E-state index contributed by atoms with van der Waals surface area (Å²) in [6.45, 7) is 54.4. The van der Waals surface area contributed by atoms with Crippen LogP contribution in [0.1, 0.15) is 229 Å². The minimum atomic E-state index is 0. The lowest BCUT2D eigenvalue weighted by atomic mass is 9.91. The van der Waals surface area contributed by atoms with E-state index in [0.717, 1.165) is 80.1 Å². The minimum Gasteiger partial charge on any atom is -0.373 e. The van der Waals surface area contributed by atoms with E-state index in [1.165, 1.54) is 96.0 Å². The van der Waals surface area contributed by atoms with Gasteiger partial charge in [0.05, 0.1) is 0 Å². The number of rotatable bonds is 18. The number of carbonyl (C=O) groups is 2. The molecule has 0 bridgehead atoms. The molecule has 6 N–H and O–H groups in total. The molecule has 0 radical (unpaired) electrons. The van der Waals surface area contributed by atoms with Crippen LogP contribution in [0.3, 0.4) is 0 Å². The second-order valence-electron chi connectivity index (χ2n) is 22.1. The molecular formula is C57H124N6O2. The van der Waals surface area contributed by atoms with Crippen molar-refractivity contribution in [3.8, 4) is 0 Å². The maximum Gasteiger partial charge on any atom is 0.222 e. The number of hydrogen-bond acceptors (Lipinski definition) is 7. The lowest BCUT2D eigenvalue weighted by molar-refractivity contribution is -0.125. The lowest BCUT2D eigenvalue weighted by Crippen LogP contribution is -2.44. The van der Waals surface area contributed by atoms with E-state index in [-0.39, 0.29) is 25.0 Å². The van der Waals surface area contributed by atoms with Gasteiger partial charge in [0.1, 0.15) is 5.78 Å². The summed E-state index contributed by atoms with van der Waals surface area (Å²) in [4.78, 5) is 24.2. The molecule has 65 heavy (non-hydrogen) atoms. The summed E-state index contributed by atoms with van der Waals surface area (Å²) in [6.07, 6.45) is 16.9. The van der Waals surface area contributed by atoms with Crippen molar-refractivity contribution in [1.82, 2.24) is 26.2 Å². The third-order valence-corrected chi connectivity index (χ3v) is 11.8. The maximum absolute atomic E-state index is 11.0. The molecule has 2 aliphatic carbocycles. The summed E-state index contributed by atoms with van der Waals surface area (Å²) in [5, 5.41) is 13.1. The molecule has 8 heteroatoms. The highest BCUT2D eigenvalue weighted by atomic mass is 16.2. The predicted octanol–water partition coefficient (Wildman–Crippen LogP) is 13.9. The highest BCUT2D eigenvalue weighted by Crippen LogP contribution is 2.19. The van der Waals surface area contributed by atoms with Crippen molar-refractivity contribution in [2.45, 2.75) is 241 Å². The second-order valence-corrected chi connectivity index (χ2v) is 22.1. The van der Waals surface area contributed by atoms with Crippen molar-refractivity contribution in [2.75, 3.05) is 52.4 Å². The average molecular weight is 926 g/mol. The van der Waals surface area contributed by atoms with Crippen LogP contribution in [0.15, 0.2) is 12.3 Å². The van der Waals surface area contributed by atoms with Crippen LogP contribution in [0.4, 0.5) is 0 Å². The zero-order chi connectivity index (χ0) is 50.0. The molecule has 2 saturated carbocycles. The predicted molar refractivity (Wildman–Crippen MR) is 295 cm³/mol. The Balaban J connectivity index is -0.000000214. The summed E-state index contributed by atoms with van der Waals surface area (Å²) in [5.74, 6) is 7.21. The van der Waals surface area contributed by atoms with Gasteiger partial charge in [-0.15, -0.1) is 0 Å². The number of amides is 1. The first-order chi connectivity index (χ1) is 30.0. The first-order valence-electron chi connectivity index (χ1n) is 27.1. The van der Waals surface area contributed by atoms with Crippen LogP contribution in [0.25, 0.3) is 0 Å². The molecular weight excluding hydrogens is 801 g/mol. The van der Waals surface area contributed by atoms with Crippen molar-refractivity contribution in [2.24, 2.45) is 59.0 Å². The van der Waals surface area contributed by atoms with Crippen molar-refractivity contribution in [3.63, 3.8) is 0 Å². The average Bonchev–Trinajstić information content (AvgIpc) is 3.14. The number of nitrogens with zero attached hydrogens (tertiary/aromatic N) is 1. The van der Waals surface area contributed by atoms with Crippen LogP contribution >= 0.6 is 0 Å². The van der Waals surface area contributed by atoms with E-state index in [4.69, 9.17) is 5.73 Å². The molecule has 2 saturated heterocycles. The second kappa shape index (κ2) is 49.0. The van der Waals surface area contributed by atoms with E-state index >= 15 is 0 Å². The molecule has 4 fully saturated rings. The fourth-order valence-electron chi connectivity index (χ4n) is 5.77. The molecule has 4 aliphatic rings. The van der Waals surface area contributed by atoms with Crippen LogP contribution in [0.2, 0.25) is 0 Å². The van der Waals surface area contributed by atoms with Crippen LogP contribution in [0, 0.1) is 53.3 Å². The standard InChI is InChI=1S/C10H20N2.C9H19N.C8H15NO.C7H15NO.C6H13N.C6H14.2C5H12.CH4/c1-9(2)8-10(3)12-6-4-11-5-7-12;1-8(2)6-7-10-9-4-3-5-9;1-6(2)8(10)9-7-4-3-5-7;1-6(2)5-7(9)3-4-8;1-5(2)6-3-7-4-6;1-4-5-6(2)3;2*1-4-5(2)3;/h9,11H,3-8H2,1-2H3;8-10H,3-7H2,1-2H3;6-7H,3-5H2,1-2H3,(H,9,10);6H,3-5,8H2,1-2H3;5-7H,3-4H2,1-2H3;6H,4-5H2,1-3H3;2*5H,4H2,1-3H3;1H4. The Morgan fingerprint density at radius 2 is 1.09 bits per heavy atom. The first kappa shape index (κ1) is 72.5. The van der Waals surface area contributed by atoms with Gasteiger partial charge in [-0.1, -0.05) is 178 Å². The maximum atomic E-state index is 11.0. The Kier molecular flexibility index (Phi) is 54.6. The van der Waals surface area contributed by atoms with Gasteiger partial charge in [0.25, 0.3) is 0 Å². The van der Waals surface area contributed by atoms with Gasteiger partial charge < -0.3 is 31.9 Å². The van der Waals surface area contributed by atoms with Gasteiger partial charge in [-0.05, 0) is 118 Å². The Bertz CT molecular complexity index is 999. The van der Waals surface area contributed by atoms with E-state index in [0.29, 0.717) is 31.3 Å². The summed E-state index contributed by atoms with van der Waals surface area (Å²) in [5.41, 5.74) is 6.50. The molecule has 0 aromatic carbocycles. The van der Waals surface area contributed by atoms with Crippen LogP contribution in [-0.4, -0.2) is 81.0 Å². The molecule has 0 spiro atoms. The molecule has 8 nitrogen and oxygen atoms in total. The van der Waals surface area contributed by atoms with Crippen molar-refractivity contribution >= 4 is 11.7 Å². The number of allylic oxidation sites excluding steroid dienone is 1. The van der Waals surface area contributed by atoms with Gasteiger partial charge in [-0.2, -0.15) is 0 Å². The molecule has 2 aliphatic heterocycles. The van der Waals surface area contributed by atoms with E-state index in [2.05, 4.69) is 137 Å². The summed E-state index contributed by atoms with van der Waals surface area (Å²) >= 11 is 0. The molecule has 0 aromatic rings. The molecule has 0 aromatic heterocycles. The molecule has 1 amide bonds. The fraction of sp³-hybridized carbons (Fsp3) is 0.930. The van der Waals surface area contributed by atoms with Gasteiger partial charge >= 0.3 is 0 Å². The third-order valence-electron chi connectivity index (χ3n) is 11.8. The van der Waals surface area contributed by atoms with Gasteiger partial charge in [0.2, 0.25) is 5.91 Å². The number of piperazine rings is 1. The van der Waals surface area contributed by atoms with Gasteiger partial charge in [0.15, 0.2) is 0 Å². The molecule has 2 heterocycles. The number of hydrogen-bond donors (Lipinski definition) is 5. The molecule has 4 rings (SSSR count). The normalized spacial score (nSPS) is 15.5. The number of ketones is 1. The summed E-state index contributed by atoms with van der Waals surface area (Å²) in [6, 6.07) is 1.37. The van der Waals surface area contributed by atoms with Crippen molar-refractivity contribution < 1.29 is 9.59 Å². The van der Waals surface area contributed by atoms with Crippen LogP contribution in [-0.2, 0) is 9.59 Å². The zero-order valence-electron chi connectivity index (χ0n) is 47.0. The molecule has 394 valence electrons. The number of nitrogens with one attached hydrogen (secondary N) is 4. The SMILES string of the molecule is C.C=C(CC(C)C)N1CCNCC1.CC(C)C(=O)NC1CCC1.CC(C)C1CNC1.CC(C)CC(=O)CCN.CC(C)CCNC1CCC1.CCC(C)C.CCC(C)C.CCCC(C)C. The van der Waals surface area contributed by atoms with E-state index in [9.17, 15) is 9.59 Å².